The Labute approximate surface area is 128 Å². The van der Waals surface area contributed by atoms with E-state index in [1.807, 2.05) is 18.2 Å². The van der Waals surface area contributed by atoms with Gasteiger partial charge in [0.05, 0.1) is 0 Å². The topological polar surface area (TPSA) is 78.6 Å². The Morgan fingerprint density at radius 3 is 2.86 bits per heavy atom. The molecule has 0 aliphatic carbocycles. The zero-order valence-electron chi connectivity index (χ0n) is 12.2. The number of aliphatic hydroxyl groups excluding tert-OH is 1. The minimum absolute atomic E-state index is 0.0274. The van der Waals surface area contributed by atoms with E-state index in [9.17, 15) is 9.90 Å². The fourth-order valence-electron chi connectivity index (χ4n) is 2.85. The first-order valence-electron chi connectivity index (χ1n) is 7.32. The summed E-state index contributed by atoms with van der Waals surface area (Å²) in [5.41, 5.74) is 1.49. The van der Waals surface area contributed by atoms with Gasteiger partial charge in [-0.15, -0.1) is 0 Å². The first-order chi connectivity index (χ1) is 10.8. The quantitative estimate of drug-likeness (QED) is 0.858. The van der Waals surface area contributed by atoms with E-state index in [0.717, 1.165) is 13.1 Å². The number of rotatable bonds is 5. The summed E-state index contributed by atoms with van der Waals surface area (Å²) in [7, 11) is 0. The standard InChI is InChI=1S/C16H19N3O3/c20-9-13-7-19(6-12-4-2-1-3-5-12)8-14(13)18-16(21)15-10-22-11-17-15/h1-5,10-11,13-14,20H,6-9H2,(H,18,21)/t13-,14+/m0/s1. The molecule has 0 unspecified atom stereocenters. The van der Waals surface area contributed by atoms with E-state index in [4.69, 9.17) is 4.42 Å². The van der Waals surface area contributed by atoms with Crippen molar-refractivity contribution in [1.82, 2.24) is 15.2 Å². The van der Waals surface area contributed by atoms with Crippen LogP contribution in [-0.4, -0.2) is 46.6 Å². The van der Waals surface area contributed by atoms with E-state index in [0.29, 0.717) is 6.54 Å². The van der Waals surface area contributed by atoms with Crippen molar-refractivity contribution in [3.8, 4) is 0 Å². The average Bonchev–Trinajstić information content (AvgIpc) is 3.18. The normalized spacial score (nSPS) is 21.9. The molecule has 1 fully saturated rings. The Morgan fingerprint density at radius 1 is 1.36 bits per heavy atom. The van der Waals surface area contributed by atoms with Gasteiger partial charge in [0.2, 0.25) is 0 Å². The number of aromatic nitrogens is 1. The molecule has 2 aromatic rings. The lowest BCUT2D eigenvalue weighted by Crippen LogP contribution is -2.41. The van der Waals surface area contributed by atoms with Gasteiger partial charge in [-0.3, -0.25) is 9.69 Å². The highest BCUT2D eigenvalue weighted by molar-refractivity contribution is 5.92. The Bertz CT molecular complexity index is 600. The third kappa shape index (κ3) is 3.35. The number of hydrogen-bond donors (Lipinski definition) is 2. The smallest absolute Gasteiger partial charge is 0.273 e. The number of likely N-dealkylation sites (tertiary alicyclic amines) is 1. The summed E-state index contributed by atoms with van der Waals surface area (Å²) in [4.78, 5) is 18.1. The Hall–Kier alpha value is -2.18. The van der Waals surface area contributed by atoms with Crippen molar-refractivity contribution in [2.75, 3.05) is 19.7 Å². The number of aliphatic hydroxyl groups is 1. The Kier molecular flexibility index (Phi) is 4.50. The molecule has 1 aliphatic heterocycles. The summed E-state index contributed by atoms with van der Waals surface area (Å²) in [6.07, 6.45) is 2.55. The number of nitrogens with one attached hydrogen (secondary N) is 1. The van der Waals surface area contributed by atoms with Crippen molar-refractivity contribution >= 4 is 5.91 Å². The van der Waals surface area contributed by atoms with Crippen molar-refractivity contribution in [2.24, 2.45) is 5.92 Å². The van der Waals surface area contributed by atoms with Crippen molar-refractivity contribution in [2.45, 2.75) is 12.6 Å². The van der Waals surface area contributed by atoms with Crippen LogP contribution >= 0.6 is 0 Å². The minimum atomic E-state index is -0.265. The van der Waals surface area contributed by atoms with Gasteiger partial charge in [0, 0.05) is 38.2 Å². The molecule has 1 saturated heterocycles. The van der Waals surface area contributed by atoms with E-state index >= 15 is 0 Å². The van der Waals surface area contributed by atoms with Crippen molar-refractivity contribution in [3.05, 3.63) is 54.2 Å². The molecule has 3 rings (SSSR count). The molecule has 1 aromatic carbocycles. The predicted octanol–water partition coefficient (Wildman–Crippen LogP) is 0.897. The van der Waals surface area contributed by atoms with Crippen LogP contribution in [0.3, 0.4) is 0 Å². The lowest BCUT2D eigenvalue weighted by Gasteiger charge is -2.17. The highest BCUT2D eigenvalue weighted by atomic mass is 16.3. The second kappa shape index (κ2) is 6.72. The third-order valence-corrected chi connectivity index (χ3v) is 3.98. The second-order valence-corrected chi connectivity index (χ2v) is 5.58. The molecule has 0 radical (unpaired) electrons. The van der Waals surface area contributed by atoms with E-state index in [1.54, 1.807) is 0 Å². The SMILES string of the molecule is O=C(N[C@@H]1CN(Cc2ccccc2)C[C@H]1CO)c1cocn1. The highest BCUT2D eigenvalue weighted by Gasteiger charge is 2.33. The van der Waals surface area contributed by atoms with Crippen LogP contribution in [0.2, 0.25) is 0 Å². The third-order valence-electron chi connectivity index (χ3n) is 3.98. The monoisotopic (exact) mass is 301 g/mol. The molecule has 0 saturated carbocycles. The van der Waals surface area contributed by atoms with Gasteiger partial charge in [-0.1, -0.05) is 30.3 Å². The van der Waals surface area contributed by atoms with Crippen molar-refractivity contribution in [3.63, 3.8) is 0 Å². The molecule has 2 heterocycles. The van der Waals surface area contributed by atoms with E-state index in [-0.39, 0.29) is 30.2 Å². The molecule has 6 nitrogen and oxygen atoms in total. The van der Waals surface area contributed by atoms with Crippen LogP contribution < -0.4 is 5.32 Å². The van der Waals surface area contributed by atoms with E-state index < -0.39 is 0 Å². The molecule has 116 valence electrons. The molecule has 0 bridgehead atoms. The number of hydrogen-bond acceptors (Lipinski definition) is 5. The summed E-state index contributed by atoms with van der Waals surface area (Å²) >= 11 is 0. The van der Waals surface area contributed by atoms with Gasteiger partial charge >= 0.3 is 0 Å². The van der Waals surface area contributed by atoms with Crippen LogP contribution in [0.15, 0.2) is 47.4 Å². The second-order valence-electron chi connectivity index (χ2n) is 5.58. The van der Waals surface area contributed by atoms with Gasteiger partial charge in [0.25, 0.3) is 5.91 Å². The predicted molar refractivity (Wildman–Crippen MR) is 80.1 cm³/mol. The average molecular weight is 301 g/mol. The lowest BCUT2D eigenvalue weighted by atomic mass is 10.1. The van der Waals surface area contributed by atoms with Crippen LogP contribution in [0.25, 0.3) is 0 Å². The van der Waals surface area contributed by atoms with E-state index in [2.05, 4.69) is 27.3 Å². The number of nitrogens with zero attached hydrogens (tertiary/aromatic N) is 2. The molecule has 0 spiro atoms. The number of carbonyl (C=O) groups is 1. The summed E-state index contributed by atoms with van der Waals surface area (Å²) in [5.74, 6) is -0.238. The molecule has 1 amide bonds. The van der Waals surface area contributed by atoms with Gasteiger partial charge < -0.3 is 14.8 Å². The Balaban J connectivity index is 1.61. The molecule has 6 heteroatoms. The fourth-order valence-corrected chi connectivity index (χ4v) is 2.85. The molecular formula is C16H19N3O3. The maximum Gasteiger partial charge on any atom is 0.273 e. The van der Waals surface area contributed by atoms with Crippen LogP contribution in [-0.2, 0) is 6.54 Å². The van der Waals surface area contributed by atoms with Gasteiger partial charge in [-0.05, 0) is 5.56 Å². The maximum atomic E-state index is 12.1. The van der Waals surface area contributed by atoms with Crippen molar-refractivity contribution in [1.29, 1.82) is 0 Å². The molecule has 2 atom stereocenters. The van der Waals surface area contributed by atoms with Gasteiger partial charge in [0.1, 0.15) is 6.26 Å². The zero-order chi connectivity index (χ0) is 15.4. The van der Waals surface area contributed by atoms with Crippen LogP contribution in [0.4, 0.5) is 0 Å². The summed E-state index contributed by atoms with van der Waals surface area (Å²) in [5, 5.41) is 12.5. The molecular weight excluding hydrogens is 282 g/mol. The lowest BCUT2D eigenvalue weighted by molar-refractivity contribution is 0.0916. The Morgan fingerprint density at radius 2 is 2.18 bits per heavy atom. The fraction of sp³-hybridized carbons (Fsp3) is 0.375. The van der Waals surface area contributed by atoms with Crippen molar-refractivity contribution < 1.29 is 14.3 Å². The minimum Gasteiger partial charge on any atom is -0.451 e. The van der Waals surface area contributed by atoms with Crippen LogP contribution in [0.5, 0.6) is 0 Å². The largest absolute Gasteiger partial charge is 0.451 e. The van der Waals surface area contributed by atoms with Crippen LogP contribution in [0, 0.1) is 5.92 Å². The summed E-state index contributed by atoms with van der Waals surface area (Å²) in [6, 6.07) is 10.1. The number of amides is 1. The molecule has 1 aliphatic rings. The van der Waals surface area contributed by atoms with E-state index in [1.165, 1.54) is 18.2 Å². The maximum absolute atomic E-state index is 12.1. The van der Waals surface area contributed by atoms with Crippen LogP contribution in [0.1, 0.15) is 16.1 Å². The van der Waals surface area contributed by atoms with Gasteiger partial charge in [-0.25, -0.2) is 4.98 Å². The van der Waals surface area contributed by atoms with Gasteiger partial charge in [0.15, 0.2) is 12.1 Å². The number of carbonyl (C=O) groups excluding carboxylic acids is 1. The summed E-state index contributed by atoms with van der Waals surface area (Å²) in [6.45, 7) is 2.33. The molecule has 1 aromatic heterocycles. The highest BCUT2D eigenvalue weighted by Crippen LogP contribution is 2.19. The zero-order valence-corrected chi connectivity index (χ0v) is 12.2. The number of benzene rings is 1. The summed E-state index contributed by atoms with van der Waals surface area (Å²) < 4.78 is 4.82. The molecule has 2 N–H and O–H groups in total. The first kappa shape index (κ1) is 14.7. The van der Waals surface area contributed by atoms with Gasteiger partial charge in [-0.2, -0.15) is 0 Å². The molecule has 22 heavy (non-hydrogen) atoms. The number of oxazole rings is 1. The first-order valence-corrected chi connectivity index (χ1v) is 7.32.